The van der Waals surface area contributed by atoms with Crippen LogP contribution in [0.5, 0.6) is 5.75 Å². The van der Waals surface area contributed by atoms with Gasteiger partial charge in [0, 0.05) is 26.6 Å². The second-order valence-electron chi connectivity index (χ2n) is 6.44. The van der Waals surface area contributed by atoms with Crippen LogP contribution >= 0.6 is 0 Å². The minimum Gasteiger partial charge on any atom is -0.487 e. The number of fused-ring (bicyclic) bond motifs is 1. The molecule has 0 saturated carbocycles. The summed E-state index contributed by atoms with van der Waals surface area (Å²) in [6.45, 7) is 9.52. The summed E-state index contributed by atoms with van der Waals surface area (Å²) in [6, 6.07) is 6.10. The number of hydrogen-bond acceptors (Lipinski definition) is 3. The first kappa shape index (κ1) is 15.8. The summed E-state index contributed by atoms with van der Waals surface area (Å²) >= 11 is 0. The summed E-state index contributed by atoms with van der Waals surface area (Å²) < 4.78 is 5.88. The number of likely N-dealkylation sites (N-methyl/N-ethyl adjacent to an activating group) is 1. The molecule has 0 saturated heterocycles. The third kappa shape index (κ3) is 3.76. The van der Waals surface area contributed by atoms with Gasteiger partial charge in [0.2, 0.25) is 5.91 Å². The van der Waals surface area contributed by atoms with Gasteiger partial charge in [-0.3, -0.25) is 4.79 Å². The number of nitrogens with zero attached hydrogens (tertiary/aromatic N) is 1. The van der Waals surface area contributed by atoms with E-state index in [1.54, 1.807) is 4.90 Å². The summed E-state index contributed by atoms with van der Waals surface area (Å²) in [7, 11) is 1.83. The predicted octanol–water partition coefficient (Wildman–Crippen LogP) is 2.36. The first-order valence-electron chi connectivity index (χ1n) is 7.61. The minimum absolute atomic E-state index is 0.110. The van der Waals surface area contributed by atoms with Crippen molar-refractivity contribution in [3.63, 3.8) is 0 Å². The Kier molecular flexibility index (Phi) is 4.57. The number of ether oxygens (including phenoxy) is 1. The molecule has 0 radical (unpaired) electrons. The number of rotatable bonds is 5. The van der Waals surface area contributed by atoms with Crippen LogP contribution in [0.1, 0.15) is 38.8 Å². The lowest BCUT2D eigenvalue weighted by Crippen LogP contribution is -2.42. The van der Waals surface area contributed by atoms with Crippen molar-refractivity contribution in [3.05, 3.63) is 29.3 Å². The molecule has 1 aliphatic heterocycles. The van der Waals surface area contributed by atoms with Gasteiger partial charge in [0.15, 0.2) is 0 Å². The zero-order chi connectivity index (χ0) is 15.6. The third-order valence-electron chi connectivity index (χ3n) is 3.96. The summed E-state index contributed by atoms with van der Waals surface area (Å²) in [5.41, 5.74) is 2.33. The average Bonchev–Trinajstić information content (AvgIpc) is 2.75. The lowest BCUT2D eigenvalue weighted by molar-refractivity contribution is -0.131. The van der Waals surface area contributed by atoms with E-state index in [1.807, 2.05) is 27.0 Å². The molecule has 0 spiro atoms. The number of nitrogens with one attached hydrogen (secondary N) is 1. The van der Waals surface area contributed by atoms with Crippen LogP contribution in [0, 0.1) is 0 Å². The summed E-state index contributed by atoms with van der Waals surface area (Å²) in [5.74, 6) is 1.11. The van der Waals surface area contributed by atoms with E-state index in [4.69, 9.17) is 4.74 Å². The highest BCUT2D eigenvalue weighted by Gasteiger charge is 2.29. The van der Waals surface area contributed by atoms with Crippen LogP contribution in [0.4, 0.5) is 0 Å². The van der Waals surface area contributed by atoms with Crippen molar-refractivity contribution in [2.45, 2.75) is 52.3 Å². The van der Waals surface area contributed by atoms with Gasteiger partial charge in [-0.15, -0.1) is 0 Å². The minimum atomic E-state index is -0.170. The Morgan fingerprint density at radius 1 is 1.48 bits per heavy atom. The van der Waals surface area contributed by atoms with Gasteiger partial charge < -0.3 is 15.0 Å². The number of carbonyl (C=O) groups excluding carboxylic acids is 1. The Morgan fingerprint density at radius 3 is 2.86 bits per heavy atom. The average molecular weight is 290 g/mol. The quantitative estimate of drug-likeness (QED) is 0.905. The van der Waals surface area contributed by atoms with Gasteiger partial charge in [0.1, 0.15) is 11.4 Å². The highest BCUT2D eigenvalue weighted by Crippen LogP contribution is 2.35. The molecule has 1 heterocycles. The van der Waals surface area contributed by atoms with E-state index >= 15 is 0 Å². The number of carbonyl (C=O) groups is 1. The van der Waals surface area contributed by atoms with E-state index in [1.165, 1.54) is 11.1 Å². The van der Waals surface area contributed by atoms with Gasteiger partial charge in [0.25, 0.3) is 0 Å². The van der Waals surface area contributed by atoms with Gasteiger partial charge in [-0.25, -0.2) is 0 Å². The third-order valence-corrected chi connectivity index (χ3v) is 3.96. The highest BCUT2D eigenvalue weighted by molar-refractivity contribution is 5.81. The maximum Gasteiger partial charge on any atom is 0.239 e. The topological polar surface area (TPSA) is 41.6 Å². The monoisotopic (exact) mass is 290 g/mol. The van der Waals surface area contributed by atoms with Crippen LogP contribution in [0.15, 0.2) is 18.2 Å². The standard InChI is InChI=1S/C17H26N2O2/c1-6-19(5)16(20)12(2)18-11-13-7-8-15-14(9-13)10-17(3,4)21-15/h7-9,12,18H,6,10-11H2,1-5H3. The number of amides is 1. The van der Waals surface area contributed by atoms with E-state index in [-0.39, 0.29) is 17.6 Å². The molecule has 21 heavy (non-hydrogen) atoms. The predicted molar refractivity (Wildman–Crippen MR) is 84.5 cm³/mol. The molecule has 0 bridgehead atoms. The van der Waals surface area contributed by atoms with E-state index in [0.29, 0.717) is 6.54 Å². The molecule has 4 heteroatoms. The van der Waals surface area contributed by atoms with Gasteiger partial charge in [0.05, 0.1) is 6.04 Å². The van der Waals surface area contributed by atoms with Crippen LogP contribution in [0.2, 0.25) is 0 Å². The normalized spacial score (nSPS) is 17.0. The van der Waals surface area contributed by atoms with Crippen molar-refractivity contribution in [1.29, 1.82) is 0 Å². The van der Waals surface area contributed by atoms with Crippen molar-refractivity contribution in [1.82, 2.24) is 10.2 Å². The Labute approximate surface area is 127 Å². The first-order valence-corrected chi connectivity index (χ1v) is 7.61. The molecule has 1 aliphatic rings. The van der Waals surface area contributed by atoms with Gasteiger partial charge in [-0.05, 0) is 44.9 Å². The van der Waals surface area contributed by atoms with E-state index in [9.17, 15) is 4.79 Å². The Bertz CT molecular complexity index is 526. The lowest BCUT2D eigenvalue weighted by atomic mass is 10.00. The lowest BCUT2D eigenvalue weighted by Gasteiger charge is -2.20. The van der Waals surface area contributed by atoms with Crippen LogP contribution in [-0.2, 0) is 17.8 Å². The molecule has 1 amide bonds. The first-order chi connectivity index (χ1) is 9.82. The fraction of sp³-hybridized carbons (Fsp3) is 0.588. The molecule has 0 aromatic heterocycles. The number of hydrogen-bond donors (Lipinski definition) is 1. The molecule has 1 atom stereocenters. The summed E-state index contributed by atoms with van der Waals surface area (Å²) in [4.78, 5) is 13.7. The van der Waals surface area contributed by atoms with Gasteiger partial charge >= 0.3 is 0 Å². The SMILES string of the molecule is CCN(C)C(=O)C(C)NCc1ccc2c(c1)CC(C)(C)O2. The summed E-state index contributed by atoms with van der Waals surface area (Å²) in [5, 5.41) is 3.29. The second kappa shape index (κ2) is 6.06. The largest absolute Gasteiger partial charge is 0.487 e. The van der Waals surface area contributed by atoms with Crippen LogP contribution in [0.3, 0.4) is 0 Å². The Hall–Kier alpha value is -1.55. The molecule has 0 aliphatic carbocycles. The molecule has 1 N–H and O–H groups in total. The van der Waals surface area contributed by atoms with E-state index < -0.39 is 0 Å². The molecule has 4 nitrogen and oxygen atoms in total. The molecule has 0 fully saturated rings. The van der Waals surface area contributed by atoms with E-state index in [0.717, 1.165) is 18.7 Å². The molecular weight excluding hydrogens is 264 g/mol. The van der Waals surface area contributed by atoms with Crippen molar-refractivity contribution in [2.24, 2.45) is 0 Å². The zero-order valence-corrected chi connectivity index (χ0v) is 13.7. The van der Waals surface area contributed by atoms with Crippen molar-refractivity contribution < 1.29 is 9.53 Å². The zero-order valence-electron chi connectivity index (χ0n) is 13.7. The van der Waals surface area contributed by atoms with Gasteiger partial charge in [-0.2, -0.15) is 0 Å². The van der Waals surface area contributed by atoms with Crippen molar-refractivity contribution in [3.8, 4) is 5.75 Å². The Balaban J connectivity index is 1.95. The smallest absolute Gasteiger partial charge is 0.239 e. The maximum atomic E-state index is 12.0. The molecule has 1 aromatic carbocycles. The van der Waals surface area contributed by atoms with Crippen molar-refractivity contribution in [2.75, 3.05) is 13.6 Å². The molecule has 116 valence electrons. The fourth-order valence-electron chi connectivity index (χ4n) is 2.62. The molecule has 1 unspecified atom stereocenters. The number of benzene rings is 1. The molecular formula is C17H26N2O2. The van der Waals surface area contributed by atoms with Crippen molar-refractivity contribution >= 4 is 5.91 Å². The summed E-state index contributed by atoms with van der Waals surface area (Å²) in [6.07, 6.45) is 0.934. The molecule has 1 aromatic rings. The van der Waals surface area contributed by atoms with Crippen LogP contribution < -0.4 is 10.1 Å². The van der Waals surface area contributed by atoms with Crippen LogP contribution in [0.25, 0.3) is 0 Å². The molecule has 2 rings (SSSR count). The highest BCUT2D eigenvalue weighted by atomic mass is 16.5. The second-order valence-corrected chi connectivity index (χ2v) is 6.44. The van der Waals surface area contributed by atoms with E-state index in [2.05, 4.69) is 31.3 Å². The Morgan fingerprint density at radius 2 is 2.19 bits per heavy atom. The maximum absolute atomic E-state index is 12.0. The van der Waals surface area contributed by atoms with Crippen LogP contribution in [-0.4, -0.2) is 36.0 Å². The fourth-order valence-corrected chi connectivity index (χ4v) is 2.62. The van der Waals surface area contributed by atoms with Gasteiger partial charge in [-0.1, -0.05) is 12.1 Å².